The highest BCUT2D eigenvalue weighted by molar-refractivity contribution is 7.15. The van der Waals surface area contributed by atoms with Gasteiger partial charge in [0, 0.05) is 53.3 Å². The van der Waals surface area contributed by atoms with Gasteiger partial charge < -0.3 is 15.0 Å². The Morgan fingerprint density at radius 1 is 1.03 bits per heavy atom. The number of aromatic nitrogens is 6. The van der Waals surface area contributed by atoms with Gasteiger partial charge >= 0.3 is 0 Å². The summed E-state index contributed by atoms with van der Waals surface area (Å²) in [6.07, 6.45) is 9.50. The minimum atomic E-state index is -0.205. The summed E-state index contributed by atoms with van der Waals surface area (Å²) in [7, 11) is 0. The number of benzene rings is 1. The Hall–Kier alpha value is -5.63. The highest BCUT2D eigenvalue weighted by Crippen LogP contribution is 2.51. The number of aryl methyl sites for hydroxylation is 2. The normalized spacial score (nSPS) is 22.3. The van der Waals surface area contributed by atoms with Crippen LogP contribution in [-0.4, -0.2) is 66.8 Å². The Morgan fingerprint density at radius 3 is 2.62 bits per heavy atom. The number of nitrogens with one attached hydrogen (secondary N) is 1. The predicted octanol–water partition coefficient (Wildman–Crippen LogP) is 7.48. The molecule has 12 nitrogen and oxygen atoms in total. The van der Waals surface area contributed by atoms with Crippen molar-refractivity contribution in [3.05, 3.63) is 104 Å². The van der Waals surface area contributed by atoms with Crippen LogP contribution < -0.4 is 15.0 Å². The van der Waals surface area contributed by atoms with Crippen molar-refractivity contribution in [2.45, 2.75) is 90.8 Å². The zero-order chi connectivity index (χ0) is 40.0. The first-order chi connectivity index (χ1) is 28.1. The molecule has 0 atom stereocenters. The number of rotatable bonds is 6. The lowest BCUT2D eigenvalue weighted by Gasteiger charge is -2.51. The zero-order valence-corrected chi connectivity index (χ0v) is 34.3. The van der Waals surface area contributed by atoms with Crippen LogP contribution in [0.2, 0.25) is 5.02 Å². The number of amides is 1. The van der Waals surface area contributed by atoms with Crippen molar-refractivity contribution < 1.29 is 9.53 Å². The molecule has 0 radical (unpaired) electrons. The molecule has 4 aromatic heterocycles. The van der Waals surface area contributed by atoms with Gasteiger partial charge in [-0.2, -0.15) is 5.26 Å². The van der Waals surface area contributed by atoms with E-state index in [-0.39, 0.29) is 23.5 Å². The molecule has 0 unspecified atom stereocenters. The Morgan fingerprint density at radius 2 is 1.88 bits per heavy atom. The second kappa shape index (κ2) is 15.6. The van der Waals surface area contributed by atoms with E-state index in [0.717, 1.165) is 103 Å². The van der Waals surface area contributed by atoms with Crippen molar-refractivity contribution in [3.8, 4) is 28.7 Å². The average Bonchev–Trinajstić information content (AvgIpc) is 3.68. The number of aliphatic imine (C=N–C) groups is 1. The predicted molar refractivity (Wildman–Crippen MR) is 223 cm³/mol. The van der Waals surface area contributed by atoms with E-state index in [0.29, 0.717) is 34.5 Å². The van der Waals surface area contributed by atoms with Crippen LogP contribution in [0.1, 0.15) is 106 Å². The van der Waals surface area contributed by atoms with Gasteiger partial charge in [0.1, 0.15) is 29.2 Å². The topological polar surface area (TPSA) is 147 Å². The van der Waals surface area contributed by atoms with Crippen LogP contribution in [0.15, 0.2) is 53.7 Å². The second-order valence-corrected chi connectivity index (χ2v) is 17.7. The third-order valence-corrected chi connectivity index (χ3v) is 13.6. The maximum Gasteiger partial charge on any atom is 0.272 e. The van der Waals surface area contributed by atoms with E-state index in [1.54, 1.807) is 35.6 Å². The highest BCUT2D eigenvalue weighted by Gasteiger charge is 2.46. The molecule has 3 fully saturated rings. The molecule has 1 saturated heterocycles. The van der Waals surface area contributed by atoms with Gasteiger partial charge in [-0.3, -0.25) is 19.3 Å². The van der Waals surface area contributed by atoms with Gasteiger partial charge in [0.25, 0.3) is 5.91 Å². The minimum Gasteiger partial charge on any atom is -0.490 e. The quantitative estimate of drug-likeness (QED) is 0.173. The number of piperidine rings is 1. The molecule has 294 valence electrons. The Kier molecular flexibility index (Phi) is 10.2. The summed E-state index contributed by atoms with van der Waals surface area (Å²) in [4.78, 5) is 26.5. The molecule has 9 rings (SSSR count). The Labute approximate surface area is 346 Å². The Balaban J connectivity index is 0.764. The molecule has 14 heteroatoms. The largest absolute Gasteiger partial charge is 0.490 e. The molecule has 1 spiro atoms. The van der Waals surface area contributed by atoms with Crippen molar-refractivity contribution in [1.82, 2.24) is 35.3 Å². The third-order valence-electron chi connectivity index (χ3n) is 12.1. The molecule has 2 aliphatic carbocycles. The SMILES string of the molecule is Cc1sc2c(c1C)C(c1ccc(C#CC3CC4(CCCN(c5ccc(C(=O)NC6CCC(Oc7ccc(C#N)c(Cl)c7)CC6)nn5)C4)C3)cn1)=NCc1nnc(C)n1-2. The van der Waals surface area contributed by atoms with Gasteiger partial charge in [-0.1, -0.05) is 23.4 Å². The van der Waals surface area contributed by atoms with E-state index in [4.69, 9.17) is 31.6 Å². The van der Waals surface area contributed by atoms with Crippen molar-refractivity contribution in [2.24, 2.45) is 16.3 Å². The summed E-state index contributed by atoms with van der Waals surface area (Å²) in [5.74, 6) is 10.3. The first-order valence-corrected chi connectivity index (χ1v) is 21.1. The molecule has 6 heterocycles. The van der Waals surface area contributed by atoms with Crippen LogP contribution in [-0.2, 0) is 6.54 Å². The number of nitriles is 1. The molecule has 4 aliphatic rings. The summed E-state index contributed by atoms with van der Waals surface area (Å²) in [5, 5.41) is 31.3. The number of ether oxygens (including phenoxy) is 1. The lowest BCUT2D eigenvalue weighted by molar-refractivity contribution is 0.0684. The fourth-order valence-electron chi connectivity index (χ4n) is 8.93. The number of nitrogens with zero attached hydrogens (tertiary/aromatic N) is 9. The van der Waals surface area contributed by atoms with E-state index in [1.807, 2.05) is 25.3 Å². The molecule has 58 heavy (non-hydrogen) atoms. The summed E-state index contributed by atoms with van der Waals surface area (Å²) < 4.78 is 8.23. The number of hydrogen-bond acceptors (Lipinski definition) is 11. The molecule has 2 aliphatic heterocycles. The number of thiophene rings is 1. The second-order valence-electron chi connectivity index (χ2n) is 16.1. The van der Waals surface area contributed by atoms with E-state index < -0.39 is 0 Å². The molecular weight excluding hydrogens is 768 g/mol. The number of fused-ring (bicyclic) bond motifs is 3. The standard InChI is InChI=1S/C44H43ClN10O2S/c1-26-27(2)58-43-40(26)41(48-24-39-53-50-28(3)55(39)43)36-14-7-29(23-47-36)5-6-30-20-44(21-30)17-4-18-54(25-44)38-16-15-37(51-52-38)42(56)49-32-9-12-33(13-10-32)57-34-11-8-31(22-46)35(45)19-34/h7-8,11,14-16,19,23,30,32-33H,4,9-10,12-13,17-18,20-21,24-25H2,1-3H3,(H,49,56). The van der Waals surface area contributed by atoms with Crippen LogP contribution >= 0.6 is 22.9 Å². The van der Waals surface area contributed by atoms with E-state index in [2.05, 4.69) is 73.0 Å². The van der Waals surface area contributed by atoms with E-state index in [1.165, 1.54) is 16.9 Å². The van der Waals surface area contributed by atoms with Crippen LogP contribution in [0.4, 0.5) is 5.82 Å². The summed E-state index contributed by atoms with van der Waals surface area (Å²) in [5.41, 5.74) is 5.92. The first-order valence-electron chi connectivity index (χ1n) is 20.0. The summed E-state index contributed by atoms with van der Waals surface area (Å²) in [6, 6.07) is 15.0. The van der Waals surface area contributed by atoms with Crippen LogP contribution in [0.3, 0.4) is 0 Å². The minimum absolute atomic E-state index is 0.0330. The van der Waals surface area contributed by atoms with Crippen molar-refractivity contribution in [2.75, 3.05) is 18.0 Å². The third kappa shape index (κ3) is 7.45. The number of pyridine rings is 1. The molecule has 1 amide bonds. The van der Waals surface area contributed by atoms with Gasteiger partial charge in [-0.05, 0) is 120 Å². The van der Waals surface area contributed by atoms with Crippen molar-refractivity contribution in [3.63, 3.8) is 0 Å². The molecule has 2 saturated carbocycles. The van der Waals surface area contributed by atoms with Crippen molar-refractivity contribution >= 4 is 40.4 Å². The molecule has 1 aromatic carbocycles. The fourth-order valence-corrected chi connectivity index (χ4v) is 10.4. The maximum atomic E-state index is 13.1. The number of hydrogen-bond donors (Lipinski definition) is 1. The monoisotopic (exact) mass is 810 g/mol. The number of halogens is 1. The lowest BCUT2D eigenvalue weighted by Crippen LogP contribution is -2.50. The van der Waals surface area contributed by atoms with E-state index >= 15 is 0 Å². The average molecular weight is 811 g/mol. The lowest BCUT2D eigenvalue weighted by atomic mass is 9.58. The van der Waals surface area contributed by atoms with Gasteiger partial charge in [0.15, 0.2) is 17.3 Å². The smallest absolute Gasteiger partial charge is 0.272 e. The molecular formula is C44H43ClN10O2S. The van der Waals surface area contributed by atoms with Crippen LogP contribution in [0.5, 0.6) is 5.75 Å². The highest BCUT2D eigenvalue weighted by atomic mass is 35.5. The van der Waals surface area contributed by atoms with Crippen LogP contribution in [0, 0.1) is 55.3 Å². The van der Waals surface area contributed by atoms with Gasteiger partial charge in [-0.25, -0.2) is 0 Å². The number of anilines is 1. The number of carbonyl (C=O) groups is 1. The molecule has 1 N–H and O–H groups in total. The van der Waals surface area contributed by atoms with Crippen LogP contribution in [0.25, 0.3) is 5.00 Å². The van der Waals surface area contributed by atoms with Gasteiger partial charge in [0.2, 0.25) is 0 Å². The number of carbonyl (C=O) groups excluding carboxylic acids is 1. The molecule has 0 bridgehead atoms. The zero-order valence-electron chi connectivity index (χ0n) is 32.8. The van der Waals surface area contributed by atoms with Crippen molar-refractivity contribution in [1.29, 1.82) is 5.26 Å². The Bertz CT molecular complexity index is 2510. The van der Waals surface area contributed by atoms with E-state index in [9.17, 15) is 4.79 Å². The van der Waals surface area contributed by atoms with Gasteiger partial charge in [0.05, 0.1) is 28.1 Å². The summed E-state index contributed by atoms with van der Waals surface area (Å²) >= 11 is 7.91. The maximum absolute atomic E-state index is 13.1. The summed E-state index contributed by atoms with van der Waals surface area (Å²) in [6.45, 7) is 8.57. The first kappa shape index (κ1) is 37.9. The molecule has 5 aromatic rings. The fraction of sp³-hybridized carbons (Fsp3) is 0.409. The van der Waals surface area contributed by atoms with Gasteiger partial charge in [-0.15, -0.1) is 31.7 Å².